The van der Waals surface area contributed by atoms with E-state index in [1.54, 1.807) is 0 Å². The lowest BCUT2D eigenvalue weighted by molar-refractivity contribution is 0.165. The normalized spacial score (nSPS) is 23.5. The first-order valence-corrected chi connectivity index (χ1v) is 8.74. The van der Waals surface area contributed by atoms with Gasteiger partial charge >= 0.3 is 0 Å². The van der Waals surface area contributed by atoms with Crippen molar-refractivity contribution in [3.63, 3.8) is 0 Å². The van der Waals surface area contributed by atoms with Crippen molar-refractivity contribution in [2.45, 2.75) is 77.7 Å². The molecule has 0 aromatic rings. The van der Waals surface area contributed by atoms with Crippen molar-refractivity contribution < 1.29 is 0 Å². The molecule has 2 nitrogen and oxygen atoms in total. The molecule has 0 heterocycles. The molecule has 1 N–H and O–H groups in total. The number of nitrogens with zero attached hydrogens (tertiary/aromatic N) is 1. The Morgan fingerprint density at radius 1 is 1.00 bits per heavy atom. The quantitative estimate of drug-likeness (QED) is 0.754. The largest absolute Gasteiger partial charge is 0.313 e. The van der Waals surface area contributed by atoms with Crippen LogP contribution in [0, 0.1) is 5.41 Å². The molecule has 112 valence electrons. The Balaban J connectivity index is 1.60. The highest BCUT2D eigenvalue weighted by atomic mass is 15.1. The topological polar surface area (TPSA) is 15.3 Å². The standard InChI is InChI=1S/C17H34N2/c1-3-14-19(4-2)15-13-18-16-7-11-17(12-8-16)9-5-6-10-17/h16,18H,3-15H2,1-2H3. The van der Waals surface area contributed by atoms with E-state index in [4.69, 9.17) is 0 Å². The summed E-state index contributed by atoms with van der Waals surface area (Å²) in [5, 5.41) is 3.81. The first-order valence-electron chi connectivity index (χ1n) is 8.74. The molecular formula is C17H34N2. The minimum absolute atomic E-state index is 0.788. The van der Waals surface area contributed by atoms with Gasteiger partial charge in [0.2, 0.25) is 0 Å². The second-order valence-electron chi connectivity index (χ2n) is 6.87. The van der Waals surface area contributed by atoms with Crippen molar-refractivity contribution in [2.75, 3.05) is 26.2 Å². The van der Waals surface area contributed by atoms with Gasteiger partial charge in [-0.3, -0.25) is 0 Å². The maximum absolute atomic E-state index is 3.81. The SMILES string of the molecule is CCCN(CC)CCNC1CCC2(CCCC2)CC1. The minimum atomic E-state index is 0.788. The van der Waals surface area contributed by atoms with E-state index >= 15 is 0 Å². The van der Waals surface area contributed by atoms with E-state index in [0.29, 0.717) is 0 Å². The predicted octanol–water partition coefficient (Wildman–Crippen LogP) is 3.81. The van der Waals surface area contributed by atoms with Crippen molar-refractivity contribution in [1.82, 2.24) is 10.2 Å². The third-order valence-electron chi connectivity index (χ3n) is 5.56. The molecule has 0 aromatic heterocycles. The summed E-state index contributed by atoms with van der Waals surface area (Å²) in [6.45, 7) is 9.42. The molecule has 0 aromatic carbocycles. The molecule has 0 saturated heterocycles. The van der Waals surface area contributed by atoms with Gasteiger partial charge in [0.05, 0.1) is 0 Å². The summed E-state index contributed by atoms with van der Waals surface area (Å²) in [4.78, 5) is 2.56. The van der Waals surface area contributed by atoms with Crippen LogP contribution in [0.3, 0.4) is 0 Å². The van der Waals surface area contributed by atoms with Crippen LogP contribution in [0.1, 0.15) is 71.6 Å². The molecular weight excluding hydrogens is 232 g/mol. The summed E-state index contributed by atoms with van der Waals surface area (Å²) in [6.07, 6.45) is 13.2. The Morgan fingerprint density at radius 3 is 2.26 bits per heavy atom. The van der Waals surface area contributed by atoms with Crippen LogP contribution in [-0.4, -0.2) is 37.1 Å². The molecule has 19 heavy (non-hydrogen) atoms. The lowest BCUT2D eigenvalue weighted by atomic mass is 9.71. The molecule has 2 saturated carbocycles. The zero-order valence-corrected chi connectivity index (χ0v) is 13.2. The van der Waals surface area contributed by atoms with Gasteiger partial charge in [-0.25, -0.2) is 0 Å². The van der Waals surface area contributed by atoms with Gasteiger partial charge in [-0.2, -0.15) is 0 Å². The monoisotopic (exact) mass is 266 g/mol. The van der Waals surface area contributed by atoms with Crippen LogP contribution in [0.2, 0.25) is 0 Å². The van der Waals surface area contributed by atoms with Crippen LogP contribution in [0.4, 0.5) is 0 Å². The molecule has 2 heteroatoms. The van der Waals surface area contributed by atoms with Crippen LogP contribution in [0.5, 0.6) is 0 Å². The second-order valence-corrected chi connectivity index (χ2v) is 6.87. The van der Waals surface area contributed by atoms with Crippen molar-refractivity contribution in [3.8, 4) is 0 Å². The average Bonchev–Trinajstić information content (AvgIpc) is 2.89. The van der Waals surface area contributed by atoms with Gasteiger partial charge in [0.25, 0.3) is 0 Å². The van der Waals surface area contributed by atoms with Gasteiger partial charge in [-0.05, 0) is 63.5 Å². The molecule has 2 rings (SSSR count). The fourth-order valence-corrected chi connectivity index (χ4v) is 4.23. The molecule has 2 aliphatic carbocycles. The molecule has 2 aliphatic rings. The summed E-state index contributed by atoms with van der Waals surface area (Å²) in [7, 11) is 0. The van der Waals surface area contributed by atoms with E-state index < -0.39 is 0 Å². The first kappa shape index (κ1) is 15.3. The highest BCUT2D eigenvalue weighted by Crippen LogP contribution is 2.48. The van der Waals surface area contributed by atoms with E-state index in [2.05, 4.69) is 24.1 Å². The molecule has 0 atom stereocenters. The molecule has 0 aliphatic heterocycles. The maximum Gasteiger partial charge on any atom is 0.0107 e. The van der Waals surface area contributed by atoms with Gasteiger partial charge in [0.15, 0.2) is 0 Å². The summed E-state index contributed by atoms with van der Waals surface area (Å²) < 4.78 is 0. The van der Waals surface area contributed by atoms with Crippen molar-refractivity contribution in [2.24, 2.45) is 5.41 Å². The highest BCUT2D eigenvalue weighted by molar-refractivity contribution is 4.91. The number of likely N-dealkylation sites (N-methyl/N-ethyl adjacent to an activating group) is 1. The molecule has 1 spiro atoms. The molecule has 2 fully saturated rings. The van der Waals surface area contributed by atoms with Crippen LogP contribution in [-0.2, 0) is 0 Å². The Bertz CT molecular complexity index is 236. The number of nitrogens with one attached hydrogen (secondary N) is 1. The third-order valence-corrected chi connectivity index (χ3v) is 5.56. The maximum atomic E-state index is 3.81. The van der Waals surface area contributed by atoms with E-state index in [0.717, 1.165) is 11.5 Å². The molecule has 0 unspecified atom stereocenters. The number of hydrogen-bond acceptors (Lipinski definition) is 2. The molecule has 0 radical (unpaired) electrons. The van der Waals surface area contributed by atoms with E-state index in [1.165, 1.54) is 84.0 Å². The Kier molecular flexibility index (Phi) is 6.15. The summed E-state index contributed by atoms with van der Waals surface area (Å²) in [5.41, 5.74) is 0.788. The van der Waals surface area contributed by atoms with Crippen molar-refractivity contribution >= 4 is 0 Å². The second kappa shape index (κ2) is 7.64. The Morgan fingerprint density at radius 2 is 1.68 bits per heavy atom. The van der Waals surface area contributed by atoms with Gasteiger partial charge in [0.1, 0.15) is 0 Å². The smallest absolute Gasteiger partial charge is 0.0107 e. The predicted molar refractivity (Wildman–Crippen MR) is 83.6 cm³/mol. The zero-order chi connectivity index (χ0) is 13.6. The van der Waals surface area contributed by atoms with E-state index in [9.17, 15) is 0 Å². The van der Waals surface area contributed by atoms with Crippen LogP contribution >= 0.6 is 0 Å². The van der Waals surface area contributed by atoms with Crippen LogP contribution in [0.15, 0.2) is 0 Å². The van der Waals surface area contributed by atoms with Crippen LogP contribution < -0.4 is 5.32 Å². The van der Waals surface area contributed by atoms with Crippen LogP contribution in [0.25, 0.3) is 0 Å². The van der Waals surface area contributed by atoms with E-state index in [1.807, 2.05) is 0 Å². The highest BCUT2D eigenvalue weighted by Gasteiger charge is 2.37. The average molecular weight is 266 g/mol. The van der Waals surface area contributed by atoms with Gasteiger partial charge in [-0.1, -0.05) is 26.7 Å². The van der Waals surface area contributed by atoms with Crippen molar-refractivity contribution in [1.29, 1.82) is 0 Å². The summed E-state index contributed by atoms with van der Waals surface area (Å²) in [6, 6.07) is 0.812. The Labute approximate surface area is 120 Å². The zero-order valence-electron chi connectivity index (χ0n) is 13.2. The fourth-order valence-electron chi connectivity index (χ4n) is 4.23. The molecule has 0 bridgehead atoms. The minimum Gasteiger partial charge on any atom is -0.313 e. The van der Waals surface area contributed by atoms with E-state index in [-0.39, 0.29) is 0 Å². The third kappa shape index (κ3) is 4.46. The van der Waals surface area contributed by atoms with Gasteiger partial charge in [-0.15, -0.1) is 0 Å². The lowest BCUT2D eigenvalue weighted by Gasteiger charge is -2.37. The number of rotatable bonds is 7. The molecule has 0 amide bonds. The summed E-state index contributed by atoms with van der Waals surface area (Å²) >= 11 is 0. The van der Waals surface area contributed by atoms with Gasteiger partial charge in [0, 0.05) is 19.1 Å². The first-order chi connectivity index (χ1) is 9.28. The Hall–Kier alpha value is -0.0800. The summed E-state index contributed by atoms with van der Waals surface area (Å²) in [5.74, 6) is 0. The van der Waals surface area contributed by atoms with Crippen molar-refractivity contribution in [3.05, 3.63) is 0 Å². The number of hydrogen-bond donors (Lipinski definition) is 1. The fraction of sp³-hybridized carbons (Fsp3) is 1.00. The lowest BCUT2D eigenvalue weighted by Crippen LogP contribution is -2.40. The van der Waals surface area contributed by atoms with Gasteiger partial charge < -0.3 is 10.2 Å².